The zero-order chi connectivity index (χ0) is 10.6. The highest BCUT2D eigenvalue weighted by molar-refractivity contribution is 5.11. The SMILES string of the molecule is CCNC(CC(C)(C)C)c1ccoc1. The van der Waals surface area contributed by atoms with Crippen molar-refractivity contribution < 1.29 is 4.42 Å². The molecule has 2 heteroatoms. The molecular weight excluding hydrogens is 174 g/mol. The van der Waals surface area contributed by atoms with Crippen LogP contribution in [0.15, 0.2) is 23.0 Å². The first-order valence-electron chi connectivity index (χ1n) is 5.28. The van der Waals surface area contributed by atoms with Crippen molar-refractivity contribution in [1.29, 1.82) is 0 Å². The van der Waals surface area contributed by atoms with Crippen LogP contribution in [-0.4, -0.2) is 6.54 Å². The van der Waals surface area contributed by atoms with Gasteiger partial charge >= 0.3 is 0 Å². The Kier molecular flexibility index (Phi) is 3.76. The first kappa shape index (κ1) is 11.3. The Balaban J connectivity index is 2.65. The van der Waals surface area contributed by atoms with Gasteiger partial charge in [-0.05, 0) is 24.4 Å². The van der Waals surface area contributed by atoms with E-state index in [2.05, 4.69) is 33.0 Å². The highest BCUT2D eigenvalue weighted by Crippen LogP contribution is 2.29. The van der Waals surface area contributed by atoms with Crippen LogP contribution in [0.1, 0.15) is 45.7 Å². The van der Waals surface area contributed by atoms with Crippen molar-refractivity contribution in [2.45, 2.75) is 40.2 Å². The highest BCUT2D eigenvalue weighted by atomic mass is 16.3. The van der Waals surface area contributed by atoms with Crippen molar-refractivity contribution in [2.24, 2.45) is 5.41 Å². The van der Waals surface area contributed by atoms with Crippen LogP contribution in [0.3, 0.4) is 0 Å². The summed E-state index contributed by atoms with van der Waals surface area (Å²) >= 11 is 0. The predicted molar refractivity (Wildman–Crippen MR) is 59.2 cm³/mol. The lowest BCUT2D eigenvalue weighted by molar-refractivity contribution is 0.313. The molecule has 14 heavy (non-hydrogen) atoms. The molecule has 0 aliphatic rings. The van der Waals surface area contributed by atoms with Crippen molar-refractivity contribution in [2.75, 3.05) is 6.54 Å². The molecule has 1 rings (SSSR count). The Bertz CT molecular complexity index is 246. The zero-order valence-electron chi connectivity index (χ0n) is 9.63. The fourth-order valence-electron chi connectivity index (χ4n) is 1.64. The van der Waals surface area contributed by atoms with Gasteiger partial charge in [0, 0.05) is 11.6 Å². The Morgan fingerprint density at radius 3 is 2.57 bits per heavy atom. The second-order valence-electron chi connectivity index (χ2n) is 4.93. The number of furan rings is 1. The summed E-state index contributed by atoms with van der Waals surface area (Å²) in [5.41, 5.74) is 1.59. The zero-order valence-corrected chi connectivity index (χ0v) is 9.63. The van der Waals surface area contributed by atoms with Crippen molar-refractivity contribution in [1.82, 2.24) is 5.32 Å². The van der Waals surface area contributed by atoms with Crippen LogP contribution in [0.4, 0.5) is 0 Å². The van der Waals surface area contributed by atoms with Crippen LogP contribution >= 0.6 is 0 Å². The van der Waals surface area contributed by atoms with Gasteiger partial charge in [-0.3, -0.25) is 0 Å². The van der Waals surface area contributed by atoms with E-state index in [0.717, 1.165) is 13.0 Å². The van der Waals surface area contributed by atoms with E-state index >= 15 is 0 Å². The molecule has 80 valence electrons. The highest BCUT2D eigenvalue weighted by Gasteiger charge is 2.19. The molecule has 0 spiro atoms. The van der Waals surface area contributed by atoms with Crippen LogP contribution in [0.25, 0.3) is 0 Å². The smallest absolute Gasteiger partial charge is 0.0950 e. The van der Waals surface area contributed by atoms with E-state index in [1.165, 1.54) is 5.56 Å². The van der Waals surface area contributed by atoms with Gasteiger partial charge in [0.25, 0.3) is 0 Å². The van der Waals surface area contributed by atoms with Crippen LogP contribution in [0, 0.1) is 5.41 Å². The fraction of sp³-hybridized carbons (Fsp3) is 0.667. The monoisotopic (exact) mass is 195 g/mol. The average Bonchev–Trinajstić information content (AvgIpc) is 2.52. The third-order valence-corrected chi connectivity index (χ3v) is 2.21. The summed E-state index contributed by atoms with van der Waals surface area (Å²) in [7, 11) is 0. The van der Waals surface area contributed by atoms with E-state index in [1.54, 1.807) is 6.26 Å². The summed E-state index contributed by atoms with van der Waals surface area (Å²) in [4.78, 5) is 0. The molecule has 0 amide bonds. The lowest BCUT2D eigenvalue weighted by atomic mass is 9.86. The van der Waals surface area contributed by atoms with Gasteiger partial charge in [0.15, 0.2) is 0 Å². The molecule has 1 aromatic rings. The number of hydrogen-bond acceptors (Lipinski definition) is 2. The standard InChI is InChI=1S/C12H21NO/c1-5-13-11(8-12(2,3)4)10-6-7-14-9-10/h6-7,9,11,13H,5,8H2,1-4H3. The molecular formula is C12H21NO. The van der Waals surface area contributed by atoms with Gasteiger partial charge in [-0.25, -0.2) is 0 Å². The summed E-state index contributed by atoms with van der Waals surface area (Å²) in [5, 5.41) is 3.48. The summed E-state index contributed by atoms with van der Waals surface area (Å²) in [6, 6.07) is 2.46. The molecule has 0 aliphatic carbocycles. The van der Waals surface area contributed by atoms with Crippen molar-refractivity contribution in [3.05, 3.63) is 24.2 Å². The number of hydrogen-bond donors (Lipinski definition) is 1. The normalized spacial score (nSPS) is 14.3. The quantitative estimate of drug-likeness (QED) is 0.797. The summed E-state index contributed by atoms with van der Waals surface area (Å²) < 4.78 is 5.12. The van der Waals surface area contributed by atoms with Crippen LogP contribution in [-0.2, 0) is 0 Å². The third kappa shape index (κ3) is 3.54. The molecule has 1 aromatic heterocycles. The van der Waals surface area contributed by atoms with Gasteiger partial charge in [0.1, 0.15) is 0 Å². The molecule has 1 unspecified atom stereocenters. The maximum absolute atomic E-state index is 5.12. The average molecular weight is 195 g/mol. The summed E-state index contributed by atoms with van der Waals surface area (Å²) in [6.45, 7) is 9.91. The van der Waals surface area contributed by atoms with Crippen LogP contribution in [0.5, 0.6) is 0 Å². The van der Waals surface area contributed by atoms with Gasteiger partial charge in [0.2, 0.25) is 0 Å². The Morgan fingerprint density at radius 2 is 2.14 bits per heavy atom. The van der Waals surface area contributed by atoms with Crippen molar-refractivity contribution in [3.63, 3.8) is 0 Å². The van der Waals surface area contributed by atoms with E-state index < -0.39 is 0 Å². The second-order valence-corrected chi connectivity index (χ2v) is 4.93. The molecule has 0 saturated heterocycles. The van der Waals surface area contributed by atoms with Crippen LogP contribution in [0.2, 0.25) is 0 Å². The number of rotatable bonds is 4. The molecule has 0 bridgehead atoms. The predicted octanol–water partition coefficient (Wildman–Crippen LogP) is 3.37. The molecule has 1 atom stereocenters. The van der Waals surface area contributed by atoms with Crippen LogP contribution < -0.4 is 5.32 Å². The molecule has 0 aliphatic heterocycles. The summed E-state index contributed by atoms with van der Waals surface area (Å²) in [5.74, 6) is 0. The molecule has 1 heterocycles. The van der Waals surface area contributed by atoms with E-state index in [9.17, 15) is 0 Å². The Morgan fingerprint density at radius 1 is 1.43 bits per heavy atom. The van der Waals surface area contributed by atoms with Gasteiger partial charge in [-0.15, -0.1) is 0 Å². The summed E-state index contributed by atoms with van der Waals surface area (Å²) in [6.07, 6.45) is 4.70. The lowest BCUT2D eigenvalue weighted by Crippen LogP contribution is -2.25. The third-order valence-electron chi connectivity index (χ3n) is 2.21. The van der Waals surface area contributed by atoms with Gasteiger partial charge < -0.3 is 9.73 Å². The maximum atomic E-state index is 5.12. The maximum Gasteiger partial charge on any atom is 0.0950 e. The van der Waals surface area contributed by atoms with E-state index in [-0.39, 0.29) is 0 Å². The minimum atomic E-state index is 0.337. The van der Waals surface area contributed by atoms with E-state index in [1.807, 2.05) is 12.3 Å². The molecule has 1 N–H and O–H groups in total. The van der Waals surface area contributed by atoms with Gasteiger partial charge in [0.05, 0.1) is 12.5 Å². The molecule has 0 saturated carbocycles. The van der Waals surface area contributed by atoms with Gasteiger partial charge in [-0.1, -0.05) is 27.7 Å². The Labute approximate surface area is 86.7 Å². The number of nitrogens with one attached hydrogen (secondary N) is 1. The topological polar surface area (TPSA) is 25.2 Å². The molecule has 0 radical (unpaired) electrons. The minimum Gasteiger partial charge on any atom is -0.472 e. The first-order chi connectivity index (χ1) is 6.53. The molecule has 0 fully saturated rings. The molecule has 0 aromatic carbocycles. The minimum absolute atomic E-state index is 0.337. The van der Waals surface area contributed by atoms with Gasteiger partial charge in [-0.2, -0.15) is 0 Å². The lowest BCUT2D eigenvalue weighted by Gasteiger charge is -2.25. The van der Waals surface area contributed by atoms with Crippen molar-refractivity contribution in [3.8, 4) is 0 Å². The van der Waals surface area contributed by atoms with E-state index in [4.69, 9.17) is 4.42 Å². The first-order valence-corrected chi connectivity index (χ1v) is 5.28. The second kappa shape index (κ2) is 4.65. The largest absolute Gasteiger partial charge is 0.472 e. The van der Waals surface area contributed by atoms with E-state index in [0.29, 0.717) is 11.5 Å². The van der Waals surface area contributed by atoms with Crippen molar-refractivity contribution >= 4 is 0 Å². The fourth-order valence-corrected chi connectivity index (χ4v) is 1.64. The molecule has 2 nitrogen and oxygen atoms in total. The Hall–Kier alpha value is -0.760.